The zero-order valence-corrected chi connectivity index (χ0v) is 10.7. The Labute approximate surface area is 102 Å². The van der Waals surface area contributed by atoms with Crippen LogP contribution < -0.4 is 11.1 Å². The van der Waals surface area contributed by atoms with E-state index in [9.17, 15) is 0 Å². The van der Waals surface area contributed by atoms with Crippen molar-refractivity contribution in [1.82, 2.24) is 9.97 Å². The van der Waals surface area contributed by atoms with Crippen LogP contribution in [0.15, 0.2) is 0 Å². The maximum atomic E-state index is 5.82. The number of aryl methyl sites for hydroxylation is 1. The van der Waals surface area contributed by atoms with Crippen molar-refractivity contribution in [2.75, 3.05) is 24.2 Å². The molecule has 0 aromatic carbocycles. The van der Waals surface area contributed by atoms with Crippen molar-refractivity contribution in [2.24, 2.45) is 0 Å². The normalized spacial score (nSPS) is 23.9. The minimum atomic E-state index is -0.0833. The van der Waals surface area contributed by atoms with Crippen LogP contribution in [0, 0.1) is 13.8 Å². The Hall–Kier alpha value is -1.36. The molecule has 5 heteroatoms. The Morgan fingerprint density at radius 3 is 2.82 bits per heavy atom. The van der Waals surface area contributed by atoms with Crippen molar-refractivity contribution in [3.63, 3.8) is 0 Å². The van der Waals surface area contributed by atoms with Gasteiger partial charge < -0.3 is 15.8 Å². The van der Waals surface area contributed by atoms with Crippen molar-refractivity contribution in [3.8, 4) is 0 Å². The van der Waals surface area contributed by atoms with Crippen molar-refractivity contribution in [3.05, 3.63) is 11.4 Å². The standard InChI is InChI=1S/C12H20N4O/c1-8-10(13)15-9(2)16-11(8)14-7-12(3)5-4-6-17-12/h4-7H2,1-3H3,(H3,13,14,15,16). The van der Waals surface area contributed by atoms with Gasteiger partial charge in [-0.2, -0.15) is 0 Å². The van der Waals surface area contributed by atoms with Crippen LogP contribution in [0.25, 0.3) is 0 Å². The lowest BCUT2D eigenvalue weighted by atomic mass is 10.0. The third kappa shape index (κ3) is 2.66. The lowest BCUT2D eigenvalue weighted by Crippen LogP contribution is -2.33. The van der Waals surface area contributed by atoms with Crippen LogP contribution in [0.2, 0.25) is 0 Å². The Morgan fingerprint density at radius 2 is 2.18 bits per heavy atom. The summed E-state index contributed by atoms with van der Waals surface area (Å²) < 4.78 is 5.73. The zero-order valence-electron chi connectivity index (χ0n) is 10.7. The highest BCUT2D eigenvalue weighted by Gasteiger charge is 2.29. The number of nitrogens with zero attached hydrogens (tertiary/aromatic N) is 2. The first kappa shape index (κ1) is 12.1. The lowest BCUT2D eigenvalue weighted by molar-refractivity contribution is 0.0314. The smallest absolute Gasteiger partial charge is 0.134 e. The van der Waals surface area contributed by atoms with E-state index in [0.717, 1.165) is 37.4 Å². The molecular weight excluding hydrogens is 216 g/mol. The second-order valence-corrected chi connectivity index (χ2v) is 4.89. The Morgan fingerprint density at radius 1 is 1.41 bits per heavy atom. The van der Waals surface area contributed by atoms with Crippen molar-refractivity contribution in [2.45, 2.75) is 39.2 Å². The van der Waals surface area contributed by atoms with E-state index in [1.165, 1.54) is 0 Å². The Kier molecular flexibility index (Phi) is 3.19. The first-order valence-corrected chi connectivity index (χ1v) is 5.99. The average Bonchev–Trinajstić information content (AvgIpc) is 2.69. The van der Waals surface area contributed by atoms with Gasteiger partial charge in [-0.3, -0.25) is 0 Å². The second kappa shape index (κ2) is 4.49. The van der Waals surface area contributed by atoms with Gasteiger partial charge in [-0.25, -0.2) is 9.97 Å². The van der Waals surface area contributed by atoms with Gasteiger partial charge in [-0.15, -0.1) is 0 Å². The topological polar surface area (TPSA) is 73.1 Å². The number of nitrogen functional groups attached to an aromatic ring is 1. The third-order valence-electron chi connectivity index (χ3n) is 3.23. The fourth-order valence-corrected chi connectivity index (χ4v) is 2.07. The van der Waals surface area contributed by atoms with Gasteiger partial charge in [0.15, 0.2) is 0 Å². The first-order valence-electron chi connectivity index (χ1n) is 5.99. The van der Waals surface area contributed by atoms with Gasteiger partial charge in [0.1, 0.15) is 17.5 Å². The molecule has 3 N–H and O–H groups in total. The number of anilines is 2. The summed E-state index contributed by atoms with van der Waals surface area (Å²) in [6.45, 7) is 7.50. The number of hydrogen-bond donors (Lipinski definition) is 2. The summed E-state index contributed by atoms with van der Waals surface area (Å²) in [5, 5.41) is 3.32. The van der Waals surface area contributed by atoms with Crippen LogP contribution in [-0.2, 0) is 4.74 Å². The molecule has 1 aromatic heterocycles. The van der Waals surface area contributed by atoms with Crippen LogP contribution in [-0.4, -0.2) is 28.7 Å². The molecular formula is C12H20N4O. The monoisotopic (exact) mass is 236 g/mol. The molecule has 94 valence electrons. The molecule has 0 saturated carbocycles. The first-order chi connectivity index (χ1) is 8.00. The number of rotatable bonds is 3. The van der Waals surface area contributed by atoms with Crippen molar-refractivity contribution < 1.29 is 4.74 Å². The highest BCUT2D eigenvalue weighted by atomic mass is 16.5. The number of nitrogens with one attached hydrogen (secondary N) is 1. The Bertz CT molecular complexity index is 413. The fourth-order valence-electron chi connectivity index (χ4n) is 2.07. The number of aromatic nitrogens is 2. The molecule has 2 rings (SSSR count). The summed E-state index contributed by atoms with van der Waals surface area (Å²) in [6, 6.07) is 0. The van der Waals surface area contributed by atoms with Crippen LogP contribution in [0.3, 0.4) is 0 Å². The van der Waals surface area contributed by atoms with Crippen LogP contribution in [0.5, 0.6) is 0 Å². The molecule has 5 nitrogen and oxygen atoms in total. The lowest BCUT2D eigenvalue weighted by Gasteiger charge is -2.24. The van der Waals surface area contributed by atoms with Crippen molar-refractivity contribution in [1.29, 1.82) is 0 Å². The van der Waals surface area contributed by atoms with Gasteiger partial charge in [0.05, 0.1) is 5.60 Å². The molecule has 1 saturated heterocycles. The molecule has 1 aliphatic heterocycles. The van der Waals surface area contributed by atoms with E-state index >= 15 is 0 Å². The van der Waals surface area contributed by atoms with E-state index in [4.69, 9.17) is 10.5 Å². The van der Waals surface area contributed by atoms with Gasteiger partial charge in [-0.05, 0) is 33.6 Å². The largest absolute Gasteiger partial charge is 0.383 e. The summed E-state index contributed by atoms with van der Waals surface area (Å²) in [5.41, 5.74) is 6.63. The van der Waals surface area contributed by atoms with E-state index in [0.29, 0.717) is 11.6 Å². The highest BCUT2D eigenvalue weighted by Crippen LogP contribution is 2.26. The average molecular weight is 236 g/mol. The predicted octanol–water partition coefficient (Wildman–Crippen LogP) is 1.66. The molecule has 2 heterocycles. The Balaban J connectivity index is 2.08. The summed E-state index contributed by atoms with van der Waals surface area (Å²) in [4.78, 5) is 8.49. The second-order valence-electron chi connectivity index (χ2n) is 4.89. The molecule has 1 unspecified atom stereocenters. The molecule has 0 bridgehead atoms. The SMILES string of the molecule is Cc1nc(N)c(C)c(NCC2(C)CCCO2)n1. The molecule has 1 aromatic rings. The van der Waals surface area contributed by atoms with E-state index in [1.54, 1.807) is 0 Å². The number of nitrogens with two attached hydrogens (primary N) is 1. The third-order valence-corrected chi connectivity index (χ3v) is 3.23. The number of hydrogen-bond acceptors (Lipinski definition) is 5. The van der Waals surface area contributed by atoms with Crippen LogP contribution in [0.4, 0.5) is 11.6 Å². The summed E-state index contributed by atoms with van der Waals surface area (Å²) in [6.07, 6.45) is 2.21. The molecule has 1 fully saturated rings. The zero-order chi connectivity index (χ0) is 12.5. The summed E-state index contributed by atoms with van der Waals surface area (Å²) >= 11 is 0. The maximum Gasteiger partial charge on any atom is 0.134 e. The summed E-state index contributed by atoms with van der Waals surface area (Å²) in [7, 11) is 0. The van der Waals surface area contributed by atoms with Gasteiger partial charge in [0.25, 0.3) is 0 Å². The van der Waals surface area contributed by atoms with Gasteiger partial charge in [-0.1, -0.05) is 0 Å². The summed E-state index contributed by atoms with van der Waals surface area (Å²) in [5.74, 6) is 2.04. The van der Waals surface area contributed by atoms with Crippen LogP contribution in [0.1, 0.15) is 31.2 Å². The molecule has 1 atom stereocenters. The molecule has 17 heavy (non-hydrogen) atoms. The van der Waals surface area contributed by atoms with E-state index in [1.807, 2.05) is 13.8 Å². The fraction of sp³-hybridized carbons (Fsp3) is 0.667. The van der Waals surface area contributed by atoms with E-state index in [2.05, 4.69) is 22.2 Å². The maximum absolute atomic E-state index is 5.82. The number of ether oxygens (including phenoxy) is 1. The van der Waals surface area contributed by atoms with Crippen LogP contribution >= 0.6 is 0 Å². The van der Waals surface area contributed by atoms with Gasteiger partial charge in [0.2, 0.25) is 0 Å². The molecule has 0 radical (unpaired) electrons. The molecule has 0 amide bonds. The minimum absolute atomic E-state index is 0.0833. The van der Waals surface area contributed by atoms with Gasteiger partial charge in [0, 0.05) is 18.7 Å². The van der Waals surface area contributed by atoms with E-state index < -0.39 is 0 Å². The van der Waals surface area contributed by atoms with E-state index in [-0.39, 0.29) is 5.60 Å². The van der Waals surface area contributed by atoms with Crippen molar-refractivity contribution >= 4 is 11.6 Å². The predicted molar refractivity (Wildman–Crippen MR) is 68.0 cm³/mol. The van der Waals surface area contributed by atoms with Gasteiger partial charge >= 0.3 is 0 Å². The highest BCUT2D eigenvalue weighted by molar-refractivity contribution is 5.54. The quantitative estimate of drug-likeness (QED) is 0.835. The molecule has 0 spiro atoms. The molecule has 1 aliphatic rings. The minimum Gasteiger partial charge on any atom is -0.383 e. The molecule has 0 aliphatic carbocycles.